The fourth-order valence-corrected chi connectivity index (χ4v) is 5.33. The average molecular weight is 441 g/mol. The summed E-state index contributed by atoms with van der Waals surface area (Å²) in [6.45, 7) is 3.96. The molecule has 0 aliphatic heterocycles. The minimum atomic E-state index is -4.93. The fraction of sp³-hybridized carbons (Fsp3) is 0.714. The Morgan fingerprint density at radius 3 is 2.50 bits per heavy atom. The maximum Gasteiger partial charge on any atom is 0.481 e. The lowest BCUT2D eigenvalue weighted by atomic mass is 10.1. The van der Waals surface area contributed by atoms with E-state index < -0.39 is 51.6 Å². The van der Waals surface area contributed by atoms with Crippen molar-refractivity contribution < 1.29 is 37.4 Å². The largest absolute Gasteiger partial charge is 0.481 e. The minimum Gasteiger partial charge on any atom is -0.393 e. The van der Waals surface area contributed by atoms with Crippen molar-refractivity contribution in [3.05, 3.63) is 22.7 Å². The second-order valence-corrected chi connectivity index (χ2v) is 10.5. The molecule has 0 bridgehead atoms. The number of nitrogen functional groups attached to an aromatic ring is 1. The van der Waals surface area contributed by atoms with Gasteiger partial charge in [-0.25, -0.2) is 13.9 Å². The van der Waals surface area contributed by atoms with E-state index in [1.165, 1.54) is 37.6 Å². The lowest BCUT2D eigenvalue weighted by molar-refractivity contribution is 0.0639. The van der Waals surface area contributed by atoms with Crippen molar-refractivity contribution in [2.45, 2.75) is 51.4 Å². The van der Waals surface area contributed by atoms with Gasteiger partial charge in [-0.05, 0) is 39.7 Å². The van der Waals surface area contributed by atoms with Crippen molar-refractivity contribution in [1.29, 1.82) is 0 Å². The van der Waals surface area contributed by atoms with Crippen LogP contribution in [0.3, 0.4) is 0 Å². The third-order valence-electron chi connectivity index (χ3n) is 3.92. The molecule has 5 N–H and O–H groups in total. The smallest absolute Gasteiger partial charge is 0.393 e. The topological polar surface area (TPSA) is 183 Å². The number of hydrogen-bond acceptors (Lipinski definition) is 9. The predicted molar refractivity (Wildman–Crippen MR) is 98.2 cm³/mol. The Bertz CT molecular complexity index is 853. The zero-order chi connectivity index (χ0) is 21.3. The molecule has 0 aromatic carbocycles. The number of hydrogen-bond donors (Lipinski definition) is 4. The zero-order valence-corrected chi connectivity index (χ0v) is 17.5. The molecule has 28 heavy (non-hydrogen) atoms. The van der Waals surface area contributed by atoms with Crippen molar-refractivity contribution in [1.82, 2.24) is 9.55 Å². The van der Waals surface area contributed by atoms with Gasteiger partial charge in [0.15, 0.2) is 0 Å². The molecular formula is C14H25N3O9P2. The number of phosphoric acid groups is 2. The van der Waals surface area contributed by atoms with Gasteiger partial charge in [0, 0.05) is 18.2 Å². The van der Waals surface area contributed by atoms with Gasteiger partial charge in [-0.3, -0.25) is 13.6 Å². The summed E-state index contributed by atoms with van der Waals surface area (Å²) in [5.74, 6) is -0.538. The normalized spacial score (nSPS) is 27.3. The Morgan fingerprint density at radius 1 is 1.29 bits per heavy atom. The average Bonchev–Trinajstić information content (AvgIpc) is 2.82. The maximum absolute atomic E-state index is 12.0. The van der Waals surface area contributed by atoms with Gasteiger partial charge in [0.25, 0.3) is 0 Å². The maximum atomic E-state index is 12.0. The number of nitrogens with two attached hydrogens (primary N) is 1. The molecule has 5 unspecified atom stereocenters. The van der Waals surface area contributed by atoms with Gasteiger partial charge in [0.05, 0.1) is 18.3 Å². The van der Waals surface area contributed by atoms with Crippen LogP contribution in [0, 0.1) is 5.92 Å². The molecule has 1 aromatic rings. The summed E-state index contributed by atoms with van der Waals surface area (Å²) in [5, 5.41) is 10.2. The highest BCUT2D eigenvalue weighted by molar-refractivity contribution is 7.61. The van der Waals surface area contributed by atoms with E-state index in [9.17, 15) is 28.8 Å². The molecule has 1 aromatic heterocycles. The number of nitrogens with zero attached hydrogens (tertiary/aromatic N) is 2. The van der Waals surface area contributed by atoms with Crippen LogP contribution in [-0.2, 0) is 22.5 Å². The van der Waals surface area contributed by atoms with E-state index in [0.717, 1.165) is 0 Å². The third-order valence-corrected chi connectivity index (χ3v) is 6.83. The Hall–Kier alpha value is -1.10. The molecule has 160 valence electrons. The molecule has 2 rings (SSSR count). The number of rotatable bonds is 7. The number of aromatic nitrogens is 2. The molecular weight excluding hydrogens is 416 g/mol. The number of phosphoric ester groups is 2. The van der Waals surface area contributed by atoms with Crippen LogP contribution < -0.4 is 11.4 Å². The van der Waals surface area contributed by atoms with Crippen molar-refractivity contribution in [2.75, 3.05) is 12.3 Å². The van der Waals surface area contributed by atoms with Crippen LogP contribution in [-0.4, -0.2) is 42.8 Å². The quantitative estimate of drug-likeness (QED) is 0.446. The van der Waals surface area contributed by atoms with Crippen molar-refractivity contribution in [3.63, 3.8) is 0 Å². The highest BCUT2D eigenvalue weighted by Crippen LogP contribution is 2.62. The highest BCUT2D eigenvalue weighted by Gasteiger charge is 2.41. The Morgan fingerprint density at radius 2 is 1.93 bits per heavy atom. The minimum absolute atomic E-state index is 0.0731. The molecule has 5 atom stereocenters. The van der Waals surface area contributed by atoms with E-state index in [-0.39, 0.29) is 18.7 Å². The van der Waals surface area contributed by atoms with Gasteiger partial charge in [-0.2, -0.15) is 9.29 Å². The second-order valence-electron chi connectivity index (χ2n) is 7.51. The van der Waals surface area contributed by atoms with E-state index in [0.29, 0.717) is 0 Å². The summed E-state index contributed by atoms with van der Waals surface area (Å²) < 4.78 is 38.8. The third kappa shape index (κ3) is 6.75. The summed E-state index contributed by atoms with van der Waals surface area (Å²) >= 11 is 0. The van der Waals surface area contributed by atoms with E-state index in [2.05, 4.69) is 9.29 Å². The Labute approximate surface area is 161 Å². The number of anilines is 1. The van der Waals surface area contributed by atoms with Crippen LogP contribution in [0.5, 0.6) is 0 Å². The molecule has 1 fully saturated rings. The molecule has 12 nitrogen and oxygen atoms in total. The molecule has 1 saturated carbocycles. The Kier molecular flexibility index (Phi) is 6.90. The van der Waals surface area contributed by atoms with Gasteiger partial charge >= 0.3 is 21.3 Å². The lowest BCUT2D eigenvalue weighted by Gasteiger charge is -2.24. The van der Waals surface area contributed by atoms with E-state index in [4.69, 9.17) is 14.8 Å². The van der Waals surface area contributed by atoms with Crippen molar-refractivity contribution >= 4 is 21.5 Å². The highest BCUT2D eigenvalue weighted by atomic mass is 31.3. The summed E-state index contributed by atoms with van der Waals surface area (Å²) in [4.78, 5) is 34.8. The van der Waals surface area contributed by atoms with Crippen LogP contribution in [0.25, 0.3) is 0 Å². The van der Waals surface area contributed by atoms with Crippen molar-refractivity contribution in [2.24, 2.45) is 5.92 Å². The predicted octanol–water partition coefficient (Wildman–Crippen LogP) is 1.19. The zero-order valence-electron chi connectivity index (χ0n) is 15.7. The molecule has 0 spiro atoms. The summed E-state index contributed by atoms with van der Waals surface area (Å²) in [5.41, 5.74) is 3.77. The van der Waals surface area contributed by atoms with E-state index in [1.807, 2.05) is 0 Å². The van der Waals surface area contributed by atoms with Gasteiger partial charge in [-0.1, -0.05) is 0 Å². The summed E-state index contributed by atoms with van der Waals surface area (Å²) in [6.07, 6.45) is 0.974. The van der Waals surface area contributed by atoms with Gasteiger partial charge in [-0.15, -0.1) is 0 Å². The molecule has 1 aliphatic rings. The first-order chi connectivity index (χ1) is 12.7. The monoisotopic (exact) mass is 441 g/mol. The van der Waals surface area contributed by atoms with Gasteiger partial charge in [0.1, 0.15) is 5.82 Å². The molecule has 0 radical (unpaired) electrons. The summed E-state index contributed by atoms with van der Waals surface area (Å²) in [6, 6.07) is 1.04. The van der Waals surface area contributed by atoms with E-state index in [1.54, 1.807) is 0 Å². The first kappa shape index (κ1) is 23.2. The first-order valence-electron chi connectivity index (χ1n) is 8.42. The van der Waals surface area contributed by atoms with Crippen LogP contribution in [0.4, 0.5) is 5.82 Å². The number of aliphatic hydroxyl groups is 1. The first-order valence-corrected chi connectivity index (χ1v) is 11.4. The number of aliphatic hydroxyl groups excluding tert-OH is 1. The molecule has 0 saturated heterocycles. The standard InChI is InChI=1S/C14H25N3O9P2/c1-14(2,3)25-28(22,23)26-27(20,21)24-8-9-6-10(7-11(9)18)17-5-4-12(15)16-13(17)19/h4-5,9-11,18H,6-8H2,1-3H3,(H,20,21)(H,22,23)(H2,15,16,19). The molecule has 0 amide bonds. The lowest BCUT2D eigenvalue weighted by Crippen LogP contribution is -2.26. The van der Waals surface area contributed by atoms with Gasteiger partial charge in [0.2, 0.25) is 0 Å². The van der Waals surface area contributed by atoms with E-state index >= 15 is 0 Å². The van der Waals surface area contributed by atoms with Crippen LogP contribution in [0.1, 0.15) is 39.7 Å². The second kappa shape index (κ2) is 8.33. The Balaban J connectivity index is 1.97. The van der Waals surface area contributed by atoms with Crippen LogP contribution >= 0.6 is 15.6 Å². The van der Waals surface area contributed by atoms with Crippen LogP contribution in [0.15, 0.2) is 17.1 Å². The summed E-state index contributed by atoms with van der Waals surface area (Å²) in [7, 11) is -9.78. The fourth-order valence-electron chi connectivity index (χ4n) is 2.89. The van der Waals surface area contributed by atoms with Crippen molar-refractivity contribution in [3.8, 4) is 0 Å². The molecule has 14 heteroatoms. The van der Waals surface area contributed by atoms with Crippen LogP contribution in [0.2, 0.25) is 0 Å². The molecule has 1 aliphatic carbocycles. The SMILES string of the molecule is CC(C)(C)OP(=O)(O)OP(=O)(O)OCC1CC(n2ccc(N)nc2=O)CC1O. The molecule has 1 heterocycles. The van der Waals surface area contributed by atoms with Gasteiger partial charge < -0.3 is 20.6 Å².